The summed E-state index contributed by atoms with van der Waals surface area (Å²) < 4.78 is 5.76. The first-order chi connectivity index (χ1) is 18.5. The highest BCUT2D eigenvalue weighted by atomic mass is 16.4. The number of furan rings is 1. The molecule has 5 N–H and O–H groups in total. The lowest BCUT2D eigenvalue weighted by atomic mass is 10.0. The van der Waals surface area contributed by atoms with Crippen LogP contribution in [0.5, 0.6) is 0 Å². The SMILES string of the molecule is O=C(O)C1=C/C(=c2\cc/c(=C\NNc3nc(Nc4ccccc4)nc(Nc4ccccc4)n3)o2)C=CC1=O. The molecule has 11 heteroatoms. The van der Waals surface area contributed by atoms with Crippen molar-refractivity contribution in [3.63, 3.8) is 0 Å². The van der Waals surface area contributed by atoms with Gasteiger partial charge >= 0.3 is 5.97 Å². The minimum atomic E-state index is -1.29. The molecule has 0 fully saturated rings. The van der Waals surface area contributed by atoms with Gasteiger partial charge in [0.05, 0.1) is 6.20 Å². The molecule has 1 aliphatic rings. The zero-order chi connectivity index (χ0) is 26.3. The number of aliphatic carboxylic acids is 1. The van der Waals surface area contributed by atoms with Gasteiger partial charge in [-0.2, -0.15) is 15.0 Å². The Bertz CT molecular complexity index is 1600. The number of carboxylic acids is 1. The molecule has 0 spiro atoms. The number of carbonyl (C=O) groups is 2. The Morgan fingerprint density at radius 2 is 1.39 bits per heavy atom. The minimum absolute atomic E-state index is 0.233. The van der Waals surface area contributed by atoms with E-state index in [-0.39, 0.29) is 11.5 Å². The molecule has 1 aliphatic carbocycles. The van der Waals surface area contributed by atoms with Gasteiger partial charge < -0.3 is 25.6 Å². The van der Waals surface area contributed by atoms with Crippen LogP contribution >= 0.6 is 0 Å². The molecule has 0 aliphatic heterocycles. The van der Waals surface area contributed by atoms with E-state index in [0.29, 0.717) is 28.3 Å². The second-order valence-electron chi connectivity index (χ2n) is 7.92. The first-order valence-electron chi connectivity index (χ1n) is 11.4. The first-order valence-corrected chi connectivity index (χ1v) is 11.4. The van der Waals surface area contributed by atoms with Gasteiger partial charge in [-0.05, 0) is 54.6 Å². The molecule has 0 unspecified atom stereocenters. The van der Waals surface area contributed by atoms with E-state index < -0.39 is 11.8 Å². The predicted octanol–water partition coefficient (Wildman–Crippen LogP) is 2.61. The third-order valence-electron chi connectivity index (χ3n) is 5.21. The molecule has 2 heterocycles. The summed E-state index contributed by atoms with van der Waals surface area (Å²) in [6.07, 6.45) is 5.54. The molecule has 0 amide bonds. The number of rotatable bonds is 8. The molecular weight excluding hydrogens is 486 g/mol. The monoisotopic (exact) mass is 507 g/mol. The van der Waals surface area contributed by atoms with Crippen LogP contribution in [0.1, 0.15) is 0 Å². The zero-order valence-corrected chi connectivity index (χ0v) is 19.8. The first kappa shape index (κ1) is 24.0. The number of anilines is 5. The zero-order valence-electron chi connectivity index (χ0n) is 19.8. The van der Waals surface area contributed by atoms with E-state index in [1.807, 2.05) is 60.7 Å². The maximum absolute atomic E-state index is 11.7. The van der Waals surface area contributed by atoms with E-state index in [2.05, 4.69) is 36.4 Å². The van der Waals surface area contributed by atoms with Crippen molar-refractivity contribution in [3.05, 3.63) is 107 Å². The van der Waals surface area contributed by atoms with Gasteiger partial charge in [0.1, 0.15) is 16.4 Å². The lowest BCUT2D eigenvalue weighted by Crippen LogP contribution is -2.21. The Kier molecular flexibility index (Phi) is 6.89. The van der Waals surface area contributed by atoms with Crippen molar-refractivity contribution in [1.82, 2.24) is 20.4 Å². The highest BCUT2D eigenvalue weighted by Gasteiger charge is 2.18. The summed E-state index contributed by atoms with van der Waals surface area (Å²) in [5.74, 6) is -0.974. The highest BCUT2D eigenvalue weighted by molar-refractivity contribution is 6.24. The number of nitrogens with zero attached hydrogens (tertiary/aromatic N) is 3. The number of hydrogen-bond donors (Lipinski definition) is 5. The van der Waals surface area contributed by atoms with Gasteiger partial charge in [-0.25, -0.2) is 4.79 Å². The molecule has 2 aromatic heterocycles. The van der Waals surface area contributed by atoms with Crippen molar-refractivity contribution in [2.45, 2.75) is 0 Å². The molecule has 2 aromatic carbocycles. The maximum atomic E-state index is 11.7. The Labute approximate surface area is 215 Å². The summed E-state index contributed by atoms with van der Waals surface area (Å²) in [4.78, 5) is 36.2. The summed E-state index contributed by atoms with van der Waals surface area (Å²) in [5, 5.41) is 15.5. The van der Waals surface area contributed by atoms with Crippen LogP contribution in [0, 0.1) is 0 Å². The van der Waals surface area contributed by atoms with Crippen LogP contribution in [0.2, 0.25) is 0 Å². The van der Waals surface area contributed by atoms with E-state index >= 15 is 0 Å². The fraction of sp³-hybridized carbons (Fsp3) is 0. The van der Waals surface area contributed by atoms with Crippen LogP contribution in [-0.2, 0) is 9.59 Å². The molecule has 0 radical (unpaired) electrons. The molecule has 0 atom stereocenters. The van der Waals surface area contributed by atoms with Gasteiger partial charge in [0, 0.05) is 16.9 Å². The number of para-hydroxylation sites is 2. The topological polar surface area (TPSA) is 154 Å². The fourth-order valence-electron chi connectivity index (χ4n) is 3.45. The van der Waals surface area contributed by atoms with Crippen LogP contribution in [-0.4, -0.2) is 31.8 Å². The summed E-state index contributed by atoms with van der Waals surface area (Å²) in [6, 6.07) is 22.4. The second kappa shape index (κ2) is 10.9. The molecule has 38 heavy (non-hydrogen) atoms. The molecule has 0 bridgehead atoms. The average molecular weight is 508 g/mol. The third-order valence-corrected chi connectivity index (χ3v) is 5.21. The molecule has 0 saturated heterocycles. The fourth-order valence-corrected chi connectivity index (χ4v) is 3.45. The van der Waals surface area contributed by atoms with Crippen molar-refractivity contribution in [1.29, 1.82) is 0 Å². The molecule has 0 saturated carbocycles. The Morgan fingerprint density at radius 3 is 2.00 bits per heavy atom. The number of aromatic nitrogens is 3. The van der Waals surface area contributed by atoms with Crippen molar-refractivity contribution >= 4 is 52.7 Å². The van der Waals surface area contributed by atoms with E-state index in [4.69, 9.17) is 4.42 Å². The number of carbonyl (C=O) groups excluding carboxylic acids is 1. The summed E-state index contributed by atoms with van der Waals surface area (Å²) in [6.45, 7) is 0. The number of hydrogen-bond acceptors (Lipinski definition) is 10. The average Bonchev–Trinajstić information content (AvgIpc) is 3.39. The number of carboxylic acid groups (broad SMARTS) is 1. The van der Waals surface area contributed by atoms with Gasteiger partial charge in [0.25, 0.3) is 0 Å². The Hall–Kier alpha value is -5.71. The van der Waals surface area contributed by atoms with E-state index in [1.165, 1.54) is 18.2 Å². The number of allylic oxidation sites excluding steroid dienone is 3. The standard InChI is InChI=1S/C27H21N7O4/c35-22-13-11-17(15-21(22)24(36)37)23-14-12-20(38-23)16-28-34-27-32-25(29-18-7-3-1-4-8-18)31-26(33-27)30-19-9-5-2-6-10-19/h1-16,28H,(H,36,37)(H3,29,30,31,32,33,34)/b20-16+,23-17+. The van der Waals surface area contributed by atoms with Gasteiger partial charge in [-0.15, -0.1) is 0 Å². The van der Waals surface area contributed by atoms with Crippen molar-refractivity contribution in [2.24, 2.45) is 0 Å². The van der Waals surface area contributed by atoms with Crippen molar-refractivity contribution in [3.8, 4) is 0 Å². The quantitative estimate of drug-likeness (QED) is 0.177. The van der Waals surface area contributed by atoms with Gasteiger partial charge in [-0.3, -0.25) is 10.2 Å². The molecule has 5 rings (SSSR count). The van der Waals surface area contributed by atoms with E-state index in [9.17, 15) is 14.7 Å². The van der Waals surface area contributed by atoms with Crippen LogP contribution < -0.4 is 32.3 Å². The van der Waals surface area contributed by atoms with Crippen LogP contribution in [0.3, 0.4) is 0 Å². The van der Waals surface area contributed by atoms with Crippen LogP contribution in [0.25, 0.3) is 11.8 Å². The maximum Gasteiger partial charge on any atom is 0.339 e. The number of hydrazine groups is 1. The van der Waals surface area contributed by atoms with Gasteiger partial charge in [-0.1, -0.05) is 36.4 Å². The second-order valence-corrected chi connectivity index (χ2v) is 7.92. The lowest BCUT2D eigenvalue weighted by Gasteiger charge is -2.11. The van der Waals surface area contributed by atoms with Crippen molar-refractivity contribution in [2.75, 3.05) is 16.1 Å². The van der Waals surface area contributed by atoms with E-state index in [0.717, 1.165) is 11.4 Å². The van der Waals surface area contributed by atoms with Crippen LogP contribution in [0.4, 0.5) is 29.2 Å². The third kappa shape index (κ3) is 5.91. The number of benzene rings is 2. The molecule has 4 aromatic rings. The molecule has 11 nitrogen and oxygen atoms in total. The predicted molar refractivity (Wildman–Crippen MR) is 142 cm³/mol. The number of nitrogens with one attached hydrogen (secondary N) is 4. The Balaban J connectivity index is 1.36. The molecule has 188 valence electrons. The summed E-state index contributed by atoms with van der Waals surface area (Å²) in [7, 11) is 0. The van der Waals surface area contributed by atoms with Gasteiger partial charge in [0.2, 0.25) is 17.8 Å². The molecular formula is C27H21N7O4. The van der Waals surface area contributed by atoms with Gasteiger partial charge in [0.15, 0.2) is 5.78 Å². The smallest absolute Gasteiger partial charge is 0.339 e. The highest BCUT2D eigenvalue weighted by Crippen LogP contribution is 2.18. The largest absolute Gasteiger partial charge is 0.478 e. The van der Waals surface area contributed by atoms with Crippen LogP contribution in [0.15, 0.2) is 101 Å². The summed E-state index contributed by atoms with van der Waals surface area (Å²) in [5.41, 5.74) is 8.41. The normalized spacial score (nSPS) is 14.6. The lowest BCUT2D eigenvalue weighted by molar-refractivity contribution is -0.134. The summed E-state index contributed by atoms with van der Waals surface area (Å²) >= 11 is 0. The number of ketones is 1. The van der Waals surface area contributed by atoms with E-state index in [1.54, 1.807) is 18.3 Å². The minimum Gasteiger partial charge on any atom is -0.478 e. The Morgan fingerprint density at radius 1 is 0.789 bits per heavy atom. The van der Waals surface area contributed by atoms with Crippen molar-refractivity contribution < 1.29 is 19.1 Å².